The van der Waals surface area contributed by atoms with Crippen LogP contribution >= 0.6 is 11.6 Å². The van der Waals surface area contributed by atoms with Crippen molar-refractivity contribution < 1.29 is 21.6 Å². The van der Waals surface area contributed by atoms with Gasteiger partial charge in [0.25, 0.3) is 10.0 Å². The van der Waals surface area contributed by atoms with Crippen LogP contribution in [0.15, 0.2) is 77.7 Å². The molecular formula is C22H14ClF3N4O2S. The van der Waals surface area contributed by atoms with Crippen molar-refractivity contribution in [1.82, 2.24) is 9.97 Å². The number of para-hydroxylation sites is 2. The normalized spacial score (nSPS) is 14.1. The molecule has 3 aromatic carbocycles. The second-order valence-corrected chi connectivity index (χ2v) is 9.58. The van der Waals surface area contributed by atoms with Gasteiger partial charge >= 0.3 is 6.18 Å². The molecule has 0 atom stereocenters. The van der Waals surface area contributed by atoms with Crippen LogP contribution < -0.4 is 9.21 Å². The Morgan fingerprint density at radius 3 is 2.12 bits per heavy atom. The number of fused-ring (bicyclic) bond motifs is 2. The minimum Gasteiger partial charge on any atom is -0.304 e. The van der Waals surface area contributed by atoms with E-state index in [0.717, 1.165) is 16.4 Å². The molecule has 1 aromatic heterocycles. The molecule has 0 bridgehead atoms. The number of alkyl halides is 3. The second kappa shape index (κ2) is 7.60. The largest absolute Gasteiger partial charge is 0.416 e. The van der Waals surface area contributed by atoms with E-state index < -0.39 is 21.8 Å². The topological polar surface area (TPSA) is 66.4 Å². The van der Waals surface area contributed by atoms with Crippen molar-refractivity contribution in [2.24, 2.45) is 0 Å². The Hall–Kier alpha value is -3.37. The molecule has 0 saturated heterocycles. The fourth-order valence-corrected chi connectivity index (χ4v) is 5.05. The van der Waals surface area contributed by atoms with E-state index in [0.29, 0.717) is 16.1 Å². The highest BCUT2D eigenvalue weighted by atomic mass is 35.5. The summed E-state index contributed by atoms with van der Waals surface area (Å²) < 4.78 is 67.9. The van der Waals surface area contributed by atoms with E-state index in [9.17, 15) is 21.6 Å². The number of sulfonamides is 1. The molecule has 0 fully saturated rings. The highest BCUT2D eigenvalue weighted by Gasteiger charge is 2.39. The summed E-state index contributed by atoms with van der Waals surface area (Å²) in [5.41, 5.74) is 0.233. The van der Waals surface area contributed by atoms with Crippen LogP contribution in [0.2, 0.25) is 5.02 Å². The van der Waals surface area contributed by atoms with Gasteiger partial charge < -0.3 is 4.90 Å². The van der Waals surface area contributed by atoms with Crippen LogP contribution in [0.1, 0.15) is 5.56 Å². The van der Waals surface area contributed by atoms with Crippen molar-refractivity contribution >= 4 is 50.0 Å². The monoisotopic (exact) mass is 490 g/mol. The van der Waals surface area contributed by atoms with Crippen LogP contribution in [0.4, 0.5) is 30.5 Å². The van der Waals surface area contributed by atoms with Crippen LogP contribution in [-0.2, 0) is 16.2 Å². The fourth-order valence-electron chi connectivity index (χ4n) is 3.57. The molecule has 33 heavy (non-hydrogen) atoms. The maximum atomic E-state index is 13.5. The van der Waals surface area contributed by atoms with E-state index >= 15 is 0 Å². The predicted octanol–water partition coefficient (Wildman–Crippen LogP) is 5.61. The highest BCUT2D eigenvalue weighted by Crippen LogP contribution is 2.42. The van der Waals surface area contributed by atoms with E-state index in [-0.39, 0.29) is 28.9 Å². The molecule has 0 unspecified atom stereocenters. The van der Waals surface area contributed by atoms with E-state index in [1.54, 1.807) is 24.3 Å². The first-order valence-corrected chi connectivity index (χ1v) is 11.5. The van der Waals surface area contributed by atoms with Gasteiger partial charge in [-0.25, -0.2) is 22.7 Å². The van der Waals surface area contributed by atoms with E-state index in [1.165, 1.54) is 41.3 Å². The first kappa shape index (κ1) is 21.5. The number of rotatable bonds is 3. The molecule has 5 rings (SSSR count). The summed E-state index contributed by atoms with van der Waals surface area (Å²) in [5.74, 6) is 0.173. The summed E-state index contributed by atoms with van der Waals surface area (Å²) in [6.07, 6.45) is -4.55. The van der Waals surface area contributed by atoms with Crippen LogP contribution in [-0.4, -0.2) is 25.1 Å². The quantitative estimate of drug-likeness (QED) is 0.373. The van der Waals surface area contributed by atoms with Crippen molar-refractivity contribution in [2.45, 2.75) is 11.1 Å². The number of anilines is 3. The summed E-state index contributed by atoms with van der Waals surface area (Å²) in [5, 5.41) is 0.368. The zero-order valence-electron chi connectivity index (χ0n) is 16.7. The number of halogens is 4. The lowest BCUT2D eigenvalue weighted by molar-refractivity contribution is -0.137. The average Bonchev–Trinajstić information content (AvgIpc) is 3.16. The summed E-state index contributed by atoms with van der Waals surface area (Å²) >= 11 is 5.89. The van der Waals surface area contributed by atoms with E-state index in [2.05, 4.69) is 9.97 Å². The maximum Gasteiger partial charge on any atom is 0.416 e. The van der Waals surface area contributed by atoms with Crippen LogP contribution in [0, 0.1) is 0 Å². The Morgan fingerprint density at radius 2 is 1.48 bits per heavy atom. The lowest BCUT2D eigenvalue weighted by Gasteiger charge is -2.21. The van der Waals surface area contributed by atoms with Gasteiger partial charge in [-0.1, -0.05) is 29.8 Å². The lowest BCUT2D eigenvalue weighted by Crippen LogP contribution is -2.34. The lowest BCUT2D eigenvalue weighted by atomic mass is 10.2. The molecular weight excluding hydrogens is 477 g/mol. The van der Waals surface area contributed by atoms with Crippen molar-refractivity contribution in [2.75, 3.05) is 15.9 Å². The van der Waals surface area contributed by atoms with Crippen molar-refractivity contribution in [3.63, 3.8) is 0 Å². The average molecular weight is 491 g/mol. The zero-order chi connectivity index (χ0) is 23.4. The molecule has 11 heteroatoms. The van der Waals surface area contributed by atoms with Gasteiger partial charge in [-0.3, -0.25) is 0 Å². The molecule has 1 aliphatic rings. The molecule has 0 saturated carbocycles. The number of nitrogens with zero attached hydrogens (tertiary/aromatic N) is 4. The van der Waals surface area contributed by atoms with E-state index in [4.69, 9.17) is 11.6 Å². The Kier molecular flexibility index (Phi) is 4.95. The SMILES string of the molecule is O=S(=O)(c1ccc(Cl)cc1)N1CN(c2cccc(C(F)(F)F)c2)c2nc3ccccc3nc21. The zero-order valence-corrected chi connectivity index (χ0v) is 18.2. The first-order valence-electron chi connectivity index (χ1n) is 9.64. The smallest absolute Gasteiger partial charge is 0.304 e. The second-order valence-electron chi connectivity index (χ2n) is 7.28. The number of hydrogen-bond acceptors (Lipinski definition) is 5. The third-order valence-electron chi connectivity index (χ3n) is 5.18. The molecule has 2 heterocycles. The van der Waals surface area contributed by atoms with Crippen molar-refractivity contribution in [3.05, 3.63) is 83.4 Å². The molecule has 6 nitrogen and oxygen atoms in total. The van der Waals surface area contributed by atoms with Gasteiger partial charge in [-0.2, -0.15) is 13.2 Å². The molecule has 0 radical (unpaired) electrons. The van der Waals surface area contributed by atoms with Gasteiger partial charge in [0.05, 0.1) is 21.5 Å². The summed E-state index contributed by atoms with van der Waals surface area (Å²) in [6.45, 7) is -0.294. The third kappa shape index (κ3) is 3.75. The molecule has 4 aromatic rings. The number of aromatic nitrogens is 2. The van der Waals surface area contributed by atoms with Crippen molar-refractivity contribution in [3.8, 4) is 0 Å². The minimum absolute atomic E-state index is 0.0288. The molecule has 0 aliphatic carbocycles. The minimum atomic E-state index is -4.55. The molecule has 168 valence electrons. The summed E-state index contributed by atoms with van der Waals surface area (Å²) in [4.78, 5) is 10.4. The number of benzene rings is 3. The summed E-state index contributed by atoms with van der Waals surface area (Å²) in [6, 6.07) is 17.1. The van der Waals surface area contributed by atoms with E-state index in [1.807, 2.05) is 0 Å². The standard InChI is InChI=1S/C22H14ClF3N4O2S/c23-15-8-10-17(11-9-15)33(31,32)30-13-29(16-5-3-4-14(12-16)22(24,25)26)20-21(30)28-19-7-2-1-6-18(19)27-20/h1-12H,13H2. The molecule has 0 spiro atoms. The van der Waals surface area contributed by atoms with Gasteiger partial charge in [0.15, 0.2) is 11.6 Å². The Balaban J connectivity index is 1.69. The molecule has 0 amide bonds. The van der Waals surface area contributed by atoms with Crippen LogP contribution in [0.25, 0.3) is 11.0 Å². The van der Waals surface area contributed by atoms with Gasteiger partial charge in [-0.05, 0) is 54.6 Å². The first-order chi connectivity index (χ1) is 15.6. The van der Waals surface area contributed by atoms with Crippen molar-refractivity contribution in [1.29, 1.82) is 0 Å². The Morgan fingerprint density at radius 1 is 0.848 bits per heavy atom. The highest BCUT2D eigenvalue weighted by molar-refractivity contribution is 7.92. The van der Waals surface area contributed by atoms with Gasteiger partial charge in [-0.15, -0.1) is 0 Å². The molecule has 0 N–H and O–H groups in total. The Bertz CT molecular complexity index is 1480. The number of hydrogen-bond donors (Lipinski definition) is 0. The van der Waals surface area contributed by atoms with Gasteiger partial charge in [0.2, 0.25) is 0 Å². The summed E-state index contributed by atoms with van der Waals surface area (Å²) in [7, 11) is -4.11. The van der Waals surface area contributed by atoms with Gasteiger partial charge in [0.1, 0.15) is 6.67 Å². The van der Waals surface area contributed by atoms with Crippen LogP contribution in [0.3, 0.4) is 0 Å². The molecule has 1 aliphatic heterocycles. The maximum absolute atomic E-state index is 13.5. The fraction of sp³-hybridized carbons (Fsp3) is 0.0909. The Labute approximate surface area is 191 Å². The van der Waals surface area contributed by atoms with Gasteiger partial charge in [0, 0.05) is 10.7 Å². The van der Waals surface area contributed by atoms with Crippen LogP contribution in [0.5, 0.6) is 0 Å². The third-order valence-corrected chi connectivity index (χ3v) is 7.17. The predicted molar refractivity (Wildman–Crippen MR) is 119 cm³/mol.